The number of aromatic nitrogens is 2. The second kappa shape index (κ2) is 8.56. The third kappa shape index (κ3) is 4.27. The minimum absolute atomic E-state index is 0.355. The molecule has 134 valence electrons. The summed E-state index contributed by atoms with van der Waals surface area (Å²) in [6.07, 6.45) is 10.7. The van der Waals surface area contributed by atoms with E-state index < -0.39 is 0 Å². The van der Waals surface area contributed by atoms with E-state index in [1.165, 1.54) is 44.1 Å². The maximum Gasteiger partial charge on any atom is 0.358 e. The van der Waals surface area contributed by atoms with Crippen LogP contribution in [0.5, 0.6) is 0 Å². The molecule has 4 nitrogen and oxygen atoms in total. The smallest absolute Gasteiger partial charge is 0.358 e. The van der Waals surface area contributed by atoms with E-state index in [9.17, 15) is 4.79 Å². The van der Waals surface area contributed by atoms with E-state index in [0.717, 1.165) is 24.1 Å². The molecule has 0 atom stereocenters. The zero-order valence-electron chi connectivity index (χ0n) is 15.0. The Balaban J connectivity index is 1.98. The van der Waals surface area contributed by atoms with Crippen molar-refractivity contribution in [3.05, 3.63) is 36.0 Å². The number of ether oxygens (including phenoxy) is 1. The molecule has 0 spiro atoms. The van der Waals surface area contributed by atoms with Gasteiger partial charge in [0.05, 0.1) is 18.8 Å². The van der Waals surface area contributed by atoms with E-state index in [0.29, 0.717) is 11.7 Å². The van der Waals surface area contributed by atoms with Crippen molar-refractivity contribution in [2.75, 3.05) is 13.4 Å². The average molecular weight is 359 g/mol. The first-order chi connectivity index (χ1) is 12.2. The van der Waals surface area contributed by atoms with Crippen LogP contribution in [0.2, 0.25) is 0 Å². The van der Waals surface area contributed by atoms with Crippen molar-refractivity contribution in [1.29, 1.82) is 0 Å². The molecule has 1 aromatic carbocycles. The van der Waals surface area contributed by atoms with Crippen LogP contribution >= 0.6 is 11.8 Å². The van der Waals surface area contributed by atoms with E-state index >= 15 is 0 Å². The fourth-order valence-corrected chi connectivity index (χ4v) is 3.94. The number of carbonyl (C=O) groups excluding carboxylic acids is 1. The Hall–Kier alpha value is -1.75. The summed E-state index contributed by atoms with van der Waals surface area (Å²) in [4.78, 5) is 13.2. The molecule has 0 bridgehead atoms. The van der Waals surface area contributed by atoms with Crippen molar-refractivity contribution in [1.82, 2.24) is 9.78 Å². The Labute approximate surface area is 154 Å². The number of esters is 1. The van der Waals surface area contributed by atoms with Gasteiger partial charge in [0.1, 0.15) is 0 Å². The Morgan fingerprint density at radius 2 is 1.76 bits per heavy atom. The van der Waals surface area contributed by atoms with Gasteiger partial charge in [0.15, 0.2) is 5.69 Å². The highest BCUT2D eigenvalue weighted by atomic mass is 32.2. The van der Waals surface area contributed by atoms with Gasteiger partial charge in [0.2, 0.25) is 0 Å². The van der Waals surface area contributed by atoms with Gasteiger partial charge in [-0.1, -0.05) is 44.2 Å². The van der Waals surface area contributed by atoms with Gasteiger partial charge in [-0.2, -0.15) is 5.10 Å². The summed E-state index contributed by atoms with van der Waals surface area (Å²) in [6, 6.07) is 10.7. The molecule has 0 saturated heterocycles. The standard InChI is InChI=1S/C20H26N2O2S/c1-24-20(23)18-14-19(15-10-12-17(25-2)13-11-15)22(21-18)16-8-6-4-3-5-7-9-16/h10-14,16H,3-9H2,1-2H3. The second-order valence-corrected chi connectivity index (χ2v) is 7.46. The third-order valence-corrected chi connectivity index (χ3v) is 5.68. The Bertz CT molecular complexity index is 701. The lowest BCUT2D eigenvalue weighted by Crippen LogP contribution is -2.14. The minimum Gasteiger partial charge on any atom is -0.464 e. The maximum absolute atomic E-state index is 12.0. The Kier molecular flexibility index (Phi) is 6.19. The molecular formula is C20H26N2O2S. The van der Waals surface area contributed by atoms with Crippen LogP contribution in [-0.2, 0) is 4.74 Å². The molecule has 5 heteroatoms. The van der Waals surface area contributed by atoms with Gasteiger partial charge in [-0.3, -0.25) is 4.68 Å². The van der Waals surface area contributed by atoms with Crippen LogP contribution in [0.25, 0.3) is 11.3 Å². The lowest BCUT2D eigenvalue weighted by Gasteiger charge is -2.22. The van der Waals surface area contributed by atoms with Crippen LogP contribution < -0.4 is 0 Å². The van der Waals surface area contributed by atoms with E-state index in [4.69, 9.17) is 4.74 Å². The van der Waals surface area contributed by atoms with Crippen molar-refractivity contribution >= 4 is 17.7 Å². The van der Waals surface area contributed by atoms with Gasteiger partial charge >= 0.3 is 5.97 Å². The molecule has 25 heavy (non-hydrogen) atoms. The molecule has 0 radical (unpaired) electrons. The number of rotatable bonds is 4. The zero-order valence-corrected chi connectivity index (χ0v) is 15.8. The fourth-order valence-electron chi connectivity index (χ4n) is 3.53. The van der Waals surface area contributed by atoms with Crippen LogP contribution in [0.4, 0.5) is 0 Å². The summed E-state index contributed by atoms with van der Waals surface area (Å²) in [5.74, 6) is -0.369. The maximum atomic E-state index is 12.0. The van der Waals surface area contributed by atoms with Crippen LogP contribution in [0, 0.1) is 0 Å². The van der Waals surface area contributed by atoms with Crippen molar-refractivity contribution in [3.8, 4) is 11.3 Å². The lowest BCUT2D eigenvalue weighted by atomic mass is 9.96. The summed E-state index contributed by atoms with van der Waals surface area (Å²) in [5, 5.41) is 4.63. The number of hydrogen-bond donors (Lipinski definition) is 0. The fraction of sp³-hybridized carbons (Fsp3) is 0.500. The van der Waals surface area contributed by atoms with Crippen LogP contribution in [0.15, 0.2) is 35.2 Å². The summed E-state index contributed by atoms with van der Waals surface area (Å²) in [7, 11) is 1.41. The summed E-state index contributed by atoms with van der Waals surface area (Å²) in [5.41, 5.74) is 2.51. The largest absolute Gasteiger partial charge is 0.464 e. The van der Waals surface area contributed by atoms with Crippen molar-refractivity contribution in [3.63, 3.8) is 0 Å². The number of thioether (sulfide) groups is 1. The minimum atomic E-state index is -0.369. The highest BCUT2D eigenvalue weighted by molar-refractivity contribution is 7.98. The van der Waals surface area contributed by atoms with Gasteiger partial charge in [0, 0.05) is 4.90 Å². The first kappa shape index (κ1) is 18.1. The number of hydrogen-bond acceptors (Lipinski definition) is 4. The van der Waals surface area contributed by atoms with Crippen molar-refractivity contribution in [2.24, 2.45) is 0 Å². The normalized spacial score (nSPS) is 16.2. The molecule has 1 saturated carbocycles. The molecule has 0 aliphatic heterocycles. The van der Waals surface area contributed by atoms with E-state index in [-0.39, 0.29) is 5.97 Å². The predicted molar refractivity (Wildman–Crippen MR) is 102 cm³/mol. The van der Waals surface area contributed by atoms with Crippen molar-refractivity contribution < 1.29 is 9.53 Å². The molecule has 0 amide bonds. The summed E-state index contributed by atoms with van der Waals surface area (Å²) in [6.45, 7) is 0. The first-order valence-electron chi connectivity index (χ1n) is 9.05. The van der Waals surface area contributed by atoms with E-state index in [1.807, 2.05) is 6.07 Å². The monoisotopic (exact) mass is 358 g/mol. The molecule has 1 heterocycles. The van der Waals surface area contributed by atoms with Gasteiger partial charge < -0.3 is 4.74 Å². The molecule has 1 aliphatic carbocycles. The number of methoxy groups -OCH3 is 1. The van der Waals surface area contributed by atoms with Gasteiger partial charge in [-0.25, -0.2) is 4.79 Å². The van der Waals surface area contributed by atoms with Crippen LogP contribution in [0.3, 0.4) is 0 Å². The molecular weight excluding hydrogens is 332 g/mol. The number of benzene rings is 1. The highest BCUT2D eigenvalue weighted by Crippen LogP contribution is 2.32. The Morgan fingerprint density at radius 1 is 1.12 bits per heavy atom. The highest BCUT2D eigenvalue weighted by Gasteiger charge is 2.22. The number of nitrogens with zero attached hydrogens (tertiary/aromatic N) is 2. The third-order valence-electron chi connectivity index (χ3n) is 4.94. The van der Waals surface area contributed by atoms with E-state index in [1.54, 1.807) is 11.8 Å². The summed E-state index contributed by atoms with van der Waals surface area (Å²) >= 11 is 1.73. The van der Waals surface area contributed by atoms with Crippen LogP contribution in [0.1, 0.15) is 61.5 Å². The average Bonchev–Trinajstić information content (AvgIpc) is 3.06. The molecule has 3 rings (SSSR count). The van der Waals surface area contributed by atoms with Crippen molar-refractivity contribution in [2.45, 2.75) is 55.9 Å². The van der Waals surface area contributed by atoms with Gasteiger partial charge in [-0.05, 0) is 42.9 Å². The molecule has 1 aliphatic rings. The number of carbonyl (C=O) groups is 1. The zero-order chi connectivity index (χ0) is 17.6. The van der Waals surface area contributed by atoms with Gasteiger partial charge in [0.25, 0.3) is 0 Å². The molecule has 0 N–H and O–H groups in total. The topological polar surface area (TPSA) is 44.1 Å². The molecule has 0 unspecified atom stereocenters. The predicted octanol–water partition coefficient (Wildman–Crippen LogP) is 5.34. The lowest BCUT2D eigenvalue weighted by molar-refractivity contribution is 0.0592. The molecule has 1 aromatic heterocycles. The van der Waals surface area contributed by atoms with Crippen LogP contribution in [-0.4, -0.2) is 29.1 Å². The van der Waals surface area contributed by atoms with E-state index in [2.05, 4.69) is 40.3 Å². The van der Waals surface area contributed by atoms with Gasteiger partial charge in [-0.15, -0.1) is 11.8 Å². The first-order valence-corrected chi connectivity index (χ1v) is 10.3. The molecule has 2 aromatic rings. The Morgan fingerprint density at radius 3 is 2.36 bits per heavy atom. The SMILES string of the molecule is COC(=O)c1cc(-c2ccc(SC)cc2)n(C2CCCCCCC2)n1. The molecule has 1 fully saturated rings. The second-order valence-electron chi connectivity index (χ2n) is 6.58. The quantitative estimate of drug-likeness (QED) is 0.546. The summed E-state index contributed by atoms with van der Waals surface area (Å²) < 4.78 is 6.97.